The predicted octanol–water partition coefficient (Wildman–Crippen LogP) is 0.394. The van der Waals surface area contributed by atoms with Gasteiger partial charge in [0.15, 0.2) is 0 Å². The minimum absolute atomic E-state index is 0.216. The Bertz CT molecular complexity index is 160. The normalized spacial score (nSPS) is 8.83. The van der Waals surface area contributed by atoms with Crippen molar-refractivity contribution in [3.8, 4) is 0 Å². The second-order valence-electron chi connectivity index (χ2n) is 1.71. The maximum absolute atomic E-state index is 10.6. The second-order valence-corrected chi connectivity index (χ2v) is 1.71. The maximum Gasteiger partial charge on any atom is 0.415 e. The summed E-state index contributed by atoms with van der Waals surface area (Å²) in [6, 6.07) is -0.740. The molecule has 6 heteroatoms. The Morgan fingerprint density at radius 2 is 1.92 bits per heavy atom. The molecule has 0 radical (unpaired) electrons. The Morgan fingerprint density at radius 3 is 2.42 bits per heavy atom. The summed E-state index contributed by atoms with van der Waals surface area (Å²) in [5.41, 5.74) is 1.97. The lowest BCUT2D eigenvalue weighted by atomic mass is 10.8. The molecule has 0 bridgehead atoms. The van der Waals surface area contributed by atoms with Crippen LogP contribution in [0.4, 0.5) is 9.59 Å². The molecule has 0 atom stereocenters. The largest absolute Gasteiger partial charge is 0.450 e. The first-order valence-electron chi connectivity index (χ1n) is 3.56. The van der Waals surface area contributed by atoms with Gasteiger partial charge >= 0.3 is 12.1 Å². The van der Waals surface area contributed by atoms with E-state index in [1.54, 1.807) is 13.8 Å². The Balaban J connectivity index is 3.47. The molecule has 0 aliphatic carbocycles. The van der Waals surface area contributed by atoms with E-state index in [9.17, 15) is 9.59 Å². The van der Waals surface area contributed by atoms with Crippen molar-refractivity contribution in [2.75, 3.05) is 13.2 Å². The smallest absolute Gasteiger partial charge is 0.415 e. The van der Waals surface area contributed by atoms with Gasteiger partial charge in [-0.05, 0) is 13.8 Å². The van der Waals surface area contributed by atoms with E-state index < -0.39 is 12.1 Å². The first kappa shape index (κ1) is 10.7. The molecule has 0 rings (SSSR count). The number of urea groups is 1. The van der Waals surface area contributed by atoms with E-state index in [0.717, 1.165) is 0 Å². The summed E-state index contributed by atoms with van der Waals surface area (Å²) in [6.07, 6.45) is -0.797. The van der Waals surface area contributed by atoms with Crippen LogP contribution in [0.15, 0.2) is 0 Å². The van der Waals surface area contributed by atoms with Crippen molar-refractivity contribution in [1.82, 2.24) is 10.8 Å². The van der Waals surface area contributed by atoms with Gasteiger partial charge in [-0.3, -0.25) is 4.84 Å². The maximum atomic E-state index is 10.6. The number of hydroxylamine groups is 1. The van der Waals surface area contributed by atoms with Crippen LogP contribution in [0.25, 0.3) is 0 Å². The van der Waals surface area contributed by atoms with Crippen molar-refractivity contribution in [2.45, 2.75) is 13.8 Å². The zero-order valence-corrected chi connectivity index (χ0v) is 7.05. The van der Waals surface area contributed by atoms with Gasteiger partial charge in [-0.2, -0.15) is 0 Å². The molecule has 0 aromatic carbocycles. The van der Waals surface area contributed by atoms with Crippen molar-refractivity contribution in [1.29, 1.82) is 0 Å². The summed E-state index contributed by atoms with van der Waals surface area (Å²) < 4.78 is 4.43. The average molecular weight is 176 g/mol. The standard InChI is InChI=1S/C6H12N2O4/c1-3-11-6(10)7-5(9)8-12-4-2/h3-4H2,1-2H3,(H2,7,8,9,10). The van der Waals surface area contributed by atoms with Gasteiger partial charge < -0.3 is 4.74 Å². The molecule has 70 valence electrons. The fraction of sp³-hybridized carbons (Fsp3) is 0.667. The van der Waals surface area contributed by atoms with E-state index in [1.165, 1.54) is 0 Å². The predicted molar refractivity (Wildman–Crippen MR) is 40.3 cm³/mol. The molecular formula is C6H12N2O4. The average Bonchev–Trinajstić information content (AvgIpc) is 2.01. The molecule has 0 aromatic rings. The molecule has 0 aliphatic rings. The highest BCUT2D eigenvalue weighted by molar-refractivity contribution is 5.90. The molecule has 2 N–H and O–H groups in total. The summed E-state index contributed by atoms with van der Waals surface area (Å²) in [4.78, 5) is 25.7. The number of rotatable bonds is 3. The number of ether oxygens (including phenoxy) is 1. The lowest BCUT2D eigenvalue weighted by molar-refractivity contribution is 0.0693. The number of nitrogens with one attached hydrogen (secondary N) is 2. The van der Waals surface area contributed by atoms with Crippen LogP contribution >= 0.6 is 0 Å². The van der Waals surface area contributed by atoms with Crippen molar-refractivity contribution < 1.29 is 19.2 Å². The van der Waals surface area contributed by atoms with Crippen LogP contribution in [-0.2, 0) is 9.57 Å². The number of imide groups is 1. The fourth-order valence-corrected chi connectivity index (χ4v) is 0.423. The molecule has 0 heterocycles. The van der Waals surface area contributed by atoms with Crippen molar-refractivity contribution in [3.63, 3.8) is 0 Å². The van der Waals surface area contributed by atoms with Crippen LogP contribution in [0.2, 0.25) is 0 Å². The van der Waals surface area contributed by atoms with Gasteiger partial charge in [0.05, 0.1) is 13.2 Å². The summed E-state index contributed by atoms with van der Waals surface area (Å²) in [5.74, 6) is 0. The topological polar surface area (TPSA) is 76.7 Å². The van der Waals surface area contributed by atoms with Gasteiger partial charge in [0.2, 0.25) is 0 Å². The first-order valence-corrected chi connectivity index (χ1v) is 3.56. The van der Waals surface area contributed by atoms with Crippen LogP contribution < -0.4 is 10.8 Å². The number of hydrogen-bond acceptors (Lipinski definition) is 4. The number of alkyl carbamates (subject to hydrolysis) is 1. The minimum Gasteiger partial charge on any atom is -0.450 e. The van der Waals surface area contributed by atoms with E-state index in [2.05, 4.69) is 9.57 Å². The third-order valence-corrected chi connectivity index (χ3v) is 0.800. The van der Waals surface area contributed by atoms with Gasteiger partial charge in [0.25, 0.3) is 0 Å². The molecule has 0 saturated carbocycles. The van der Waals surface area contributed by atoms with Gasteiger partial charge in [0.1, 0.15) is 0 Å². The third-order valence-electron chi connectivity index (χ3n) is 0.800. The summed E-state index contributed by atoms with van der Waals surface area (Å²) in [6.45, 7) is 3.88. The highest BCUT2D eigenvalue weighted by atomic mass is 16.7. The monoisotopic (exact) mass is 176 g/mol. The van der Waals surface area contributed by atoms with Gasteiger partial charge in [-0.25, -0.2) is 20.4 Å². The zero-order chi connectivity index (χ0) is 9.40. The molecule has 3 amide bonds. The Morgan fingerprint density at radius 1 is 1.25 bits per heavy atom. The molecule has 12 heavy (non-hydrogen) atoms. The quantitative estimate of drug-likeness (QED) is 0.610. The highest BCUT2D eigenvalue weighted by Gasteiger charge is 2.05. The Labute approximate surface area is 70.2 Å². The second kappa shape index (κ2) is 6.41. The van der Waals surface area contributed by atoms with E-state index in [0.29, 0.717) is 6.61 Å². The highest BCUT2D eigenvalue weighted by Crippen LogP contribution is 1.76. The third kappa shape index (κ3) is 5.48. The number of amides is 3. The van der Waals surface area contributed by atoms with E-state index in [-0.39, 0.29) is 6.61 Å². The summed E-state index contributed by atoms with van der Waals surface area (Å²) in [5, 5.41) is 1.88. The van der Waals surface area contributed by atoms with E-state index in [4.69, 9.17) is 0 Å². The van der Waals surface area contributed by atoms with Crippen molar-refractivity contribution in [3.05, 3.63) is 0 Å². The zero-order valence-electron chi connectivity index (χ0n) is 7.05. The fourth-order valence-electron chi connectivity index (χ4n) is 0.423. The van der Waals surface area contributed by atoms with Crippen LogP contribution in [0.1, 0.15) is 13.8 Å². The van der Waals surface area contributed by atoms with Gasteiger partial charge in [0, 0.05) is 0 Å². The van der Waals surface area contributed by atoms with Crippen LogP contribution in [-0.4, -0.2) is 25.3 Å². The van der Waals surface area contributed by atoms with Crippen molar-refractivity contribution in [2.24, 2.45) is 0 Å². The lowest BCUT2D eigenvalue weighted by Crippen LogP contribution is -2.39. The summed E-state index contributed by atoms with van der Waals surface area (Å²) >= 11 is 0. The van der Waals surface area contributed by atoms with Crippen LogP contribution in [0.5, 0.6) is 0 Å². The van der Waals surface area contributed by atoms with Crippen LogP contribution in [0, 0.1) is 0 Å². The number of hydrogen-bond donors (Lipinski definition) is 2. The van der Waals surface area contributed by atoms with E-state index >= 15 is 0 Å². The number of carbonyl (C=O) groups excluding carboxylic acids is 2. The first-order chi connectivity index (χ1) is 5.70. The molecule has 0 saturated heterocycles. The van der Waals surface area contributed by atoms with Crippen molar-refractivity contribution >= 4 is 12.1 Å². The lowest BCUT2D eigenvalue weighted by Gasteiger charge is -2.04. The molecule has 0 aliphatic heterocycles. The van der Waals surface area contributed by atoms with Gasteiger partial charge in [-0.15, -0.1) is 0 Å². The molecule has 0 spiro atoms. The molecule has 0 aromatic heterocycles. The minimum atomic E-state index is -0.797. The van der Waals surface area contributed by atoms with Crippen LogP contribution in [0.3, 0.4) is 0 Å². The SMILES string of the molecule is CCONC(=O)NC(=O)OCC. The molecule has 6 nitrogen and oxygen atoms in total. The van der Waals surface area contributed by atoms with Gasteiger partial charge in [-0.1, -0.05) is 0 Å². The number of carbonyl (C=O) groups is 2. The molecular weight excluding hydrogens is 164 g/mol. The Hall–Kier alpha value is -1.30. The van der Waals surface area contributed by atoms with E-state index in [1.807, 2.05) is 10.8 Å². The molecule has 0 unspecified atom stereocenters. The molecule has 0 fully saturated rings. The summed E-state index contributed by atoms with van der Waals surface area (Å²) in [7, 11) is 0. The Kier molecular flexibility index (Phi) is 5.72.